The smallest absolute Gasteiger partial charge is 0.220 e. The van der Waals surface area contributed by atoms with E-state index in [0.29, 0.717) is 12.8 Å². The summed E-state index contributed by atoms with van der Waals surface area (Å²) in [5, 5.41) is 3.10. The Hall–Kier alpha value is -1.39. The lowest BCUT2D eigenvalue weighted by atomic mass is 9.64. The molecule has 116 valence electrons. The molecule has 1 aromatic carbocycles. The van der Waals surface area contributed by atoms with E-state index < -0.39 is 0 Å². The fraction of sp³-hybridized carbons (Fsp3) is 0.588. The Morgan fingerprint density at radius 2 is 2.10 bits per heavy atom. The number of amides is 1. The van der Waals surface area contributed by atoms with Crippen LogP contribution in [-0.2, 0) is 9.53 Å². The van der Waals surface area contributed by atoms with Gasteiger partial charge >= 0.3 is 0 Å². The number of nitrogens with two attached hydrogens (primary N) is 1. The third-order valence-corrected chi connectivity index (χ3v) is 4.71. The van der Waals surface area contributed by atoms with Crippen LogP contribution in [0.15, 0.2) is 30.3 Å². The molecule has 21 heavy (non-hydrogen) atoms. The van der Waals surface area contributed by atoms with Gasteiger partial charge in [-0.15, -0.1) is 0 Å². The Kier molecular flexibility index (Phi) is 5.01. The highest BCUT2D eigenvalue weighted by atomic mass is 16.5. The molecule has 0 bridgehead atoms. The van der Waals surface area contributed by atoms with Crippen LogP contribution in [0.1, 0.15) is 44.7 Å². The Labute approximate surface area is 127 Å². The van der Waals surface area contributed by atoms with Crippen LogP contribution in [0.25, 0.3) is 0 Å². The van der Waals surface area contributed by atoms with Crippen molar-refractivity contribution in [1.29, 1.82) is 0 Å². The number of carbonyl (C=O) groups is 1. The van der Waals surface area contributed by atoms with Gasteiger partial charge in [0.2, 0.25) is 5.91 Å². The highest BCUT2D eigenvalue weighted by Crippen LogP contribution is 2.42. The van der Waals surface area contributed by atoms with Gasteiger partial charge in [0.05, 0.1) is 6.10 Å². The van der Waals surface area contributed by atoms with E-state index in [4.69, 9.17) is 10.5 Å². The Balaban J connectivity index is 1.76. The summed E-state index contributed by atoms with van der Waals surface area (Å²) in [6.07, 6.45) is 2.24. The minimum absolute atomic E-state index is 0.00591. The lowest BCUT2D eigenvalue weighted by molar-refractivity contribution is -0.132. The van der Waals surface area contributed by atoms with Crippen molar-refractivity contribution in [3.8, 4) is 0 Å². The molecule has 3 N–H and O–H groups in total. The zero-order valence-corrected chi connectivity index (χ0v) is 13.1. The number of methoxy groups -OCH3 is 1. The van der Waals surface area contributed by atoms with Crippen LogP contribution in [0.5, 0.6) is 0 Å². The van der Waals surface area contributed by atoms with Crippen molar-refractivity contribution in [3.05, 3.63) is 35.9 Å². The van der Waals surface area contributed by atoms with Gasteiger partial charge in [-0.2, -0.15) is 0 Å². The molecule has 4 heteroatoms. The summed E-state index contributed by atoms with van der Waals surface area (Å²) in [4.78, 5) is 12.1. The first-order chi connectivity index (χ1) is 9.95. The molecule has 1 aliphatic rings. The lowest BCUT2D eigenvalue weighted by Crippen LogP contribution is -2.61. The first-order valence-corrected chi connectivity index (χ1v) is 7.58. The third-order valence-electron chi connectivity index (χ3n) is 4.71. The quantitative estimate of drug-likeness (QED) is 0.845. The van der Waals surface area contributed by atoms with E-state index in [2.05, 4.69) is 19.2 Å². The van der Waals surface area contributed by atoms with Crippen LogP contribution in [0.2, 0.25) is 0 Å². The summed E-state index contributed by atoms with van der Waals surface area (Å²) in [6, 6.07) is 10.0. The maximum atomic E-state index is 12.1. The molecule has 1 aliphatic carbocycles. The van der Waals surface area contributed by atoms with Crippen molar-refractivity contribution in [3.63, 3.8) is 0 Å². The zero-order chi connectivity index (χ0) is 15.5. The molecule has 3 unspecified atom stereocenters. The highest BCUT2D eigenvalue weighted by Gasteiger charge is 2.49. The van der Waals surface area contributed by atoms with Gasteiger partial charge in [-0.05, 0) is 18.4 Å². The van der Waals surface area contributed by atoms with Gasteiger partial charge in [-0.3, -0.25) is 4.79 Å². The molecular weight excluding hydrogens is 264 g/mol. The second-order valence-electron chi connectivity index (χ2n) is 6.46. The molecule has 0 saturated heterocycles. The van der Waals surface area contributed by atoms with Crippen molar-refractivity contribution in [2.75, 3.05) is 7.11 Å². The first-order valence-electron chi connectivity index (χ1n) is 7.58. The van der Waals surface area contributed by atoms with Crippen LogP contribution in [-0.4, -0.2) is 25.2 Å². The summed E-state index contributed by atoms with van der Waals surface area (Å²) in [5.74, 6) is 0.0778. The molecule has 0 heterocycles. The summed E-state index contributed by atoms with van der Waals surface area (Å²) in [6.45, 7) is 4.26. The maximum absolute atomic E-state index is 12.1. The standard InChI is InChI=1S/C17H26N2O2/c1-17(2)14(11-15(17)21-3)19-16(20)10-9-13(18)12-7-5-4-6-8-12/h4-8,13-15H,9-11,18H2,1-3H3,(H,19,20). The fourth-order valence-corrected chi connectivity index (χ4v) is 2.95. The molecule has 0 aliphatic heterocycles. The summed E-state index contributed by atoms with van der Waals surface area (Å²) < 4.78 is 5.40. The van der Waals surface area contributed by atoms with Crippen LogP contribution < -0.4 is 11.1 Å². The SMILES string of the molecule is COC1CC(NC(=O)CCC(N)c2ccccc2)C1(C)C. The average molecular weight is 290 g/mol. The summed E-state index contributed by atoms with van der Waals surface area (Å²) >= 11 is 0. The van der Waals surface area contributed by atoms with Crippen molar-refractivity contribution in [2.24, 2.45) is 11.1 Å². The van der Waals surface area contributed by atoms with Gasteiger partial charge in [0.1, 0.15) is 0 Å². The number of rotatable bonds is 6. The number of hydrogen-bond donors (Lipinski definition) is 2. The Morgan fingerprint density at radius 1 is 1.43 bits per heavy atom. The van der Waals surface area contributed by atoms with E-state index in [1.807, 2.05) is 30.3 Å². The third kappa shape index (κ3) is 3.63. The number of hydrogen-bond acceptors (Lipinski definition) is 3. The molecule has 1 fully saturated rings. The highest BCUT2D eigenvalue weighted by molar-refractivity contribution is 5.76. The van der Waals surface area contributed by atoms with E-state index in [1.54, 1.807) is 7.11 Å². The van der Waals surface area contributed by atoms with E-state index in [9.17, 15) is 4.79 Å². The molecule has 0 aromatic heterocycles. The predicted octanol–water partition coefficient (Wildman–Crippen LogP) is 2.40. The zero-order valence-electron chi connectivity index (χ0n) is 13.1. The van der Waals surface area contributed by atoms with Gasteiger partial charge in [-0.25, -0.2) is 0 Å². The monoisotopic (exact) mass is 290 g/mol. The van der Waals surface area contributed by atoms with E-state index >= 15 is 0 Å². The van der Waals surface area contributed by atoms with Crippen molar-refractivity contribution < 1.29 is 9.53 Å². The second-order valence-corrected chi connectivity index (χ2v) is 6.46. The van der Waals surface area contributed by atoms with Gasteiger partial charge in [0, 0.05) is 31.0 Å². The normalized spacial score (nSPS) is 25.0. The molecule has 4 nitrogen and oxygen atoms in total. The van der Waals surface area contributed by atoms with Crippen molar-refractivity contribution in [2.45, 2.75) is 51.3 Å². The van der Waals surface area contributed by atoms with Gasteiger partial charge in [0.15, 0.2) is 0 Å². The minimum Gasteiger partial charge on any atom is -0.381 e. The summed E-state index contributed by atoms with van der Waals surface area (Å²) in [7, 11) is 1.73. The minimum atomic E-state index is -0.0851. The van der Waals surface area contributed by atoms with Gasteiger partial charge in [-0.1, -0.05) is 44.2 Å². The number of carbonyl (C=O) groups excluding carboxylic acids is 1. The Bertz CT molecular complexity index is 473. The van der Waals surface area contributed by atoms with Crippen LogP contribution in [0.3, 0.4) is 0 Å². The number of ether oxygens (including phenoxy) is 1. The first kappa shape index (κ1) is 16.0. The molecule has 0 radical (unpaired) electrons. The molecule has 1 saturated carbocycles. The van der Waals surface area contributed by atoms with E-state index in [-0.39, 0.29) is 29.5 Å². The maximum Gasteiger partial charge on any atom is 0.220 e. The van der Waals surface area contributed by atoms with Crippen LogP contribution >= 0.6 is 0 Å². The van der Waals surface area contributed by atoms with Gasteiger partial charge in [0.25, 0.3) is 0 Å². The van der Waals surface area contributed by atoms with Crippen LogP contribution in [0.4, 0.5) is 0 Å². The predicted molar refractivity (Wildman–Crippen MR) is 83.7 cm³/mol. The molecule has 1 amide bonds. The molecule has 2 rings (SSSR count). The van der Waals surface area contributed by atoms with E-state index in [1.165, 1.54) is 0 Å². The molecule has 1 aromatic rings. The molecular formula is C17H26N2O2. The van der Waals surface area contributed by atoms with E-state index in [0.717, 1.165) is 12.0 Å². The largest absolute Gasteiger partial charge is 0.381 e. The number of benzene rings is 1. The van der Waals surface area contributed by atoms with Crippen molar-refractivity contribution >= 4 is 5.91 Å². The topological polar surface area (TPSA) is 64.3 Å². The Morgan fingerprint density at radius 3 is 2.67 bits per heavy atom. The van der Waals surface area contributed by atoms with Crippen LogP contribution in [0, 0.1) is 5.41 Å². The number of nitrogens with one attached hydrogen (secondary N) is 1. The molecule has 0 spiro atoms. The summed E-state index contributed by atoms with van der Waals surface area (Å²) in [5.41, 5.74) is 7.20. The molecule has 3 atom stereocenters. The second kappa shape index (κ2) is 6.58. The fourth-order valence-electron chi connectivity index (χ4n) is 2.95. The lowest BCUT2D eigenvalue weighted by Gasteiger charge is -2.51. The average Bonchev–Trinajstić information content (AvgIpc) is 2.49. The van der Waals surface area contributed by atoms with Crippen molar-refractivity contribution in [1.82, 2.24) is 5.32 Å². The van der Waals surface area contributed by atoms with Gasteiger partial charge < -0.3 is 15.8 Å².